The van der Waals surface area contributed by atoms with Crippen LogP contribution in [0.5, 0.6) is 5.75 Å². The van der Waals surface area contributed by atoms with Gasteiger partial charge in [0.05, 0.1) is 28.8 Å². The number of halogens is 1. The molecule has 0 unspecified atom stereocenters. The topological polar surface area (TPSA) is 76.6 Å². The van der Waals surface area contributed by atoms with Gasteiger partial charge in [-0.05, 0) is 42.0 Å². The number of benzene rings is 3. The van der Waals surface area contributed by atoms with Crippen LogP contribution in [0.1, 0.15) is 5.56 Å². The summed E-state index contributed by atoms with van der Waals surface area (Å²) in [6, 6.07) is 19.1. The summed E-state index contributed by atoms with van der Waals surface area (Å²) in [6.07, 6.45) is 0. The molecule has 0 fully saturated rings. The van der Waals surface area contributed by atoms with E-state index in [-0.39, 0.29) is 11.4 Å². The van der Waals surface area contributed by atoms with Gasteiger partial charge in [-0.1, -0.05) is 41.7 Å². The van der Waals surface area contributed by atoms with Gasteiger partial charge in [0.25, 0.3) is 0 Å². The third kappa shape index (κ3) is 4.79. The largest absolute Gasteiger partial charge is 0.497 e. The molecule has 1 heterocycles. The van der Waals surface area contributed by atoms with E-state index in [0.717, 1.165) is 34.5 Å². The first-order valence-corrected chi connectivity index (χ1v) is 12.1. The molecule has 0 aliphatic rings. The van der Waals surface area contributed by atoms with Crippen LogP contribution in [0.4, 0.5) is 9.52 Å². The SMILES string of the molecule is COc1ccc2sc(N(Cc3ccccc3)C(=O)CS(=O)(=O)c3ccc(F)cc3)nc2c1. The number of sulfone groups is 1. The van der Waals surface area contributed by atoms with Crippen molar-refractivity contribution in [3.63, 3.8) is 0 Å². The molecule has 6 nitrogen and oxygen atoms in total. The Morgan fingerprint density at radius 1 is 1.06 bits per heavy atom. The first-order chi connectivity index (χ1) is 15.4. The molecule has 0 spiro atoms. The summed E-state index contributed by atoms with van der Waals surface area (Å²) in [4.78, 5) is 19.0. The van der Waals surface area contributed by atoms with Crippen molar-refractivity contribution in [2.45, 2.75) is 11.4 Å². The summed E-state index contributed by atoms with van der Waals surface area (Å²) < 4.78 is 44.9. The molecular formula is C23H19FN2O4S2. The van der Waals surface area contributed by atoms with Crippen LogP contribution in [0, 0.1) is 5.82 Å². The van der Waals surface area contributed by atoms with Crippen molar-refractivity contribution >= 4 is 42.4 Å². The maximum atomic E-state index is 13.2. The number of methoxy groups -OCH3 is 1. The number of hydrogen-bond acceptors (Lipinski definition) is 6. The highest BCUT2D eigenvalue weighted by atomic mass is 32.2. The second kappa shape index (κ2) is 9.05. The third-order valence-electron chi connectivity index (χ3n) is 4.79. The Morgan fingerprint density at radius 3 is 2.47 bits per heavy atom. The molecule has 0 saturated heterocycles. The molecule has 0 bridgehead atoms. The number of carbonyl (C=O) groups is 1. The lowest BCUT2D eigenvalue weighted by atomic mass is 10.2. The van der Waals surface area contributed by atoms with E-state index >= 15 is 0 Å². The zero-order valence-electron chi connectivity index (χ0n) is 17.1. The Kier molecular flexibility index (Phi) is 6.20. The summed E-state index contributed by atoms with van der Waals surface area (Å²) >= 11 is 1.29. The molecule has 0 aliphatic carbocycles. The second-order valence-electron chi connectivity index (χ2n) is 7.01. The van der Waals surface area contributed by atoms with Gasteiger partial charge < -0.3 is 4.74 Å². The van der Waals surface area contributed by atoms with Gasteiger partial charge in [-0.25, -0.2) is 17.8 Å². The van der Waals surface area contributed by atoms with E-state index in [9.17, 15) is 17.6 Å². The molecule has 0 aliphatic heterocycles. The lowest BCUT2D eigenvalue weighted by molar-refractivity contribution is -0.116. The molecule has 9 heteroatoms. The van der Waals surface area contributed by atoms with Crippen LogP contribution in [0.2, 0.25) is 0 Å². The molecule has 1 amide bonds. The molecule has 0 atom stereocenters. The van der Waals surface area contributed by atoms with E-state index < -0.39 is 27.3 Å². The Balaban J connectivity index is 1.69. The first kappa shape index (κ1) is 21.9. The zero-order valence-corrected chi connectivity index (χ0v) is 18.7. The molecule has 3 aromatic carbocycles. The zero-order chi connectivity index (χ0) is 22.7. The van der Waals surface area contributed by atoms with Crippen molar-refractivity contribution in [2.24, 2.45) is 0 Å². The highest BCUT2D eigenvalue weighted by molar-refractivity contribution is 7.92. The fourth-order valence-corrected chi connectivity index (χ4v) is 5.29. The van der Waals surface area contributed by atoms with Crippen molar-refractivity contribution < 1.29 is 22.3 Å². The number of ether oxygens (including phenoxy) is 1. The summed E-state index contributed by atoms with van der Waals surface area (Å²) in [7, 11) is -2.41. The standard InChI is InChI=1S/C23H19FN2O4S2/c1-30-18-9-12-21-20(13-18)25-23(31-21)26(14-16-5-3-2-4-6-16)22(27)15-32(28,29)19-10-7-17(24)8-11-19/h2-13H,14-15H2,1H3. The summed E-state index contributed by atoms with van der Waals surface area (Å²) in [5.41, 5.74) is 1.48. The van der Waals surface area contributed by atoms with Crippen LogP contribution in [0.3, 0.4) is 0 Å². The Bertz CT molecular complexity index is 1350. The smallest absolute Gasteiger partial charge is 0.244 e. The minimum Gasteiger partial charge on any atom is -0.497 e. The number of aromatic nitrogens is 1. The van der Waals surface area contributed by atoms with Crippen LogP contribution >= 0.6 is 11.3 Å². The normalized spacial score (nSPS) is 11.4. The lowest BCUT2D eigenvalue weighted by Crippen LogP contribution is -2.35. The second-order valence-corrected chi connectivity index (χ2v) is 10.0. The lowest BCUT2D eigenvalue weighted by Gasteiger charge is -2.20. The summed E-state index contributed by atoms with van der Waals surface area (Å²) in [5.74, 6) is -1.30. The summed E-state index contributed by atoms with van der Waals surface area (Å²) in [6.45, 7) is 0.162. The predicted molar refractivity (Wildman–Crippen MR) is 122 cm³/mol. The molecule has 0 saturated carbocycles. The van der Waals surface area contributed by atoms with Gasteiger partial charge in [-0.3, -0.25) is 9.69 Å². The predicted octanol–water partition coefficient (Wildman–Crippen LogP) is 4.45. The van der Waals surface area contributed by atoms with Crippen molar-refractivity contribution in [1.82, 2.24) is 4.98 Å². The number of fused-ring (bicyclic) bond motifs is 1. The number of thiazole rings is 1. The average Bonchev–Trinajstić information content (AvgIpc) is 3.21. The number of nitrogens with zero attached hydrogens (tertiary/aromatic N) is 2. The number of anilines is 1. The van der Waals surface area contributed by atoms with Gasteiger partial charge >= 0.3 is 0 Å². The van der Waals surface area contributed by atoms with Crippen LogP contribution in [-0.2, 0) is 21.2 Å². The maximum Gasteiger partial charge on any atom is 0.244 e. The van der Waals surface area contributed by atoms with E-state index in [2.05, 4.69) is 4.98 Å². The van der Waals surface area contributed by atoms with Crippen LogP contribution in [-0.4, -0.2) is 32.2 Å². The minimum atomic E-state index is -3.96. The van der Waals surface area contributed by atoms with Gasteiger partial charge in [0.1, 0.15) is 17.3 Å². The average molecular weight is 471 g/mol. The molecule has 0 radical (unpaired) electrons. The number of rotatable bonds is 7. The van der Waals surface area contributed by atoms with Gasteiger partial charge in [0, 0.05) is 6.07 Å². The van der Waals surface area contributed by atoms with Crippen LogP contribution < -0.4 is 9.64 Å². The Labute approximate surface area is 188 Å². The molecular weight excluding hydrogens is 451 g/mol. The van der Waals surface area contributed by atoms with Crippen molar-refractivity contribution in [3.8, 4) is 5.75 Å². The Hall–Kier alpha value is -3.30. The molecule has 32 heavy (non-hydrogen) atoms. The van der Waals surface area contributed by atoms with E-state index in [1.165, 1.54) is 16.2 Å². The minimum absolute atomic E-state index is 0.110. The van der Waals surface area contributed by atoms with Gasteiger partial charge in [-0.15, -0.1) is 0 Å². The van der Waals surface area contributed by atoms with E-state index in [1.807, 2.05) is 36.4 Å². The molecule has 4 aromatic rings. The first-order valence-electron chi connectivity index (χ1n) is 9.63. The third-order valence-corrected chi connectivity index (χ3v) is 7.46. The highest BCUT2D eigenvalue weighted by Crippen LogP contribution is 2.32. The van der Waals surface area contributed by atoms with E-state index in [1.54, 1.807) is 19.2 Å². The maximum absolute atomic E-state index is 13.2. The molecule has 4 rings (SSSR count). The fraction of sp³-hybridized carbons (Fsp3) is 0.130. The Morgan fingerprint density at radius 2 is 1.78 bits per heavy atom. The summed E-state index contributed by atoms with van der Waals surface area (Å²) in [5, 5.41) is 0.386. The van der Waals surface area contributed by atoms with E-state index in [4.69, 9.17) is 4.74 Å². The van der Waals surface area contributed by atoms with Crippen molar-refractivity contribution in [2.75, 3.05) is 17.8 Å². The van der Waals surface area contributed by atoms with Crippen LogP contribution in [0.25, 0.3) is 10.2 Å². The molecule has 1 aromatic heterocycles. The number of amides is 1. The quantitative estimate of drug-likeness (QED) is 0.373. The molecule has 0 N–H and O–H groups in total. The molecule has 164 valence electrons. The van der Waals surface area contributed by atoms with Crippen molar-refractivity contribution in [1.29, 1.82) is 0 Å². The van der Waals surface area contributed by atoms with E-state index in [0.29, 0.717) is 16.4 Å². The fourth-order valence-electron chi connectivity index (χ4n) is 3.13. The van der Waals surface area contributed by atoms with Crippen molar-refractivity contribution in [3.05, 3.63) is 84.2 Å². The van der Waals surface area contributed by atoms with Gasteiger partial charge in [-0.2, -0.15) is 0 Å². The highest BCUT2D eigenvalue weighted by Gasteiger charge is 2.27. The monoisotopic (exact) mass is 470 g/mol. The van der Waals surface area contributed by atoms with Gasteiger partial charge in [0.15, 0.2) is 15.0 Å². The number of carbonyl (C=O) groups excluding carboxylic acids is 1. The van der Waals surface area contributed by atoms with Gasteiger partial charge in [0.2, 0.25) is 5.91 Å². The van der Waals surface area contributed by atoms with Crippen LogP contribution in [0.15, 0.2) is 77.7 Å². The number of hydrogen-bond donors (Lipinski definition) is 0.